The van der Waals surface area contributed by atoms with Crippen LogP contribution in [0, 0.1) is 11.6 Å². The lowest BCUT2D eigenvalue weighted by Gasteiger charge is -2.32. The number of hydrogen-bond acceptors (Lipinski definition) is 3. The second-order valence-corrected chi connectivity index (χ2v) is 9.28. The summed E-state index contributed by atoms with van der Waals surface area (Å²) >= 11 is 0. The summed E-state index contributed by atoms with van der Waals surface area (Å²) in [4.78, 5) is 40.8. The Kier molecular flexibility index (Phi) is 8.63. The van der Waals surface area contributed by atoms with Gasteiger partial charge >= 0.3 is 0 Å². The van der Waals surface area contributed by atoms with Gasteiger partial charge in [-0.15, -0.1) is 0 Å². The molecule has 0 fully saturated rings. The Bertz CT molecular complexity index is 1290. The fraction of sp³-hybridized carbons (Fsp3) is 0.233. The molecule has 0 aromatic heterocycles. The number of benzene rings is 3. The normalized spacial score (nSPS) is 18.0. The van der Waals surface area contributed by atoms with E-state index in [1.54, 1.807) is 4.90 Å². The summed E-state index contributed by atoms with van der Waals surface area (Å²) < 4.78 is 26.9. The van der Waals surface area contributed by atoms with Crippen LogP contribution in [-0.2, 0) is 27.3 Å². The van der Waals surface area contributed by atoms with Gasteiger partial charge in [0.1, 0.15) is 23.7 Å². The molecule has 0 radical (unpaired) electrons. The molecule has 8 heteroatoms. The van der Waals surface area contributed by atoms with Crippen LogP contribution in [0.1, 0.15) is 36.1 Å². The van der Waals surface area contributed by atoms with Crippen LogP contribution in [0.2, 0.25) is 0 Å². The van der Waals surface area contributed by atoms with Crippen LogP contribution < -0.4 is 10.6 Å². The van der Waals surface area contributed by atoms with E-state index >= 15 is 0 Å². The van der Waals surface area contributed by atoms with Crippen molar-refractivity contribution in [2.45, 2.75) is 44.4 Å². The number of halogens is 2. The summed E-state index contributed by atoms with van der Waals surface area (Å²) in [5, 5.41) is 5.30. The van der Waals surface area contributed by atoms with E-state index in [0.29, 0.717) is 13.0 Å². The molecule has 1 heterocycles. The molecule has 3 atom stereocenters. The molecule has 0 saturated carbocycles. The summed E-state index contributed by atoms with van der Waals surface area (Å²) in [6.07, 6.45) is 3.85. The maximum Gasteiger partial charge on any atom is 0.246 e. The highest BCUT2D eigenvalue weighted by Crippen LogP contribution is 2.28. The van der Waals surface area contributed by atoms with Crippen LogP contribution in [0.15, 0.2) is 91.0 Å². The molecule has 3 aromatic rings. The minimum atomic E-state index is -0.964. The number of carbonyl (C=O) groups excluding carboxylic acids is 3. The average molecular weight is 518 g/mol. The van der Waals surface area contributed by atoms with E-state index in [2.05, 4.69) is 10.6 Å². The van der Waals surface area contributed by atoms with Crippen molar-refractivity contribution in [2.24, 2.45) is 0 Å². The zero-order valence-corrected chi connectivity index (χ0v) is 20.9. The average Bonchev–Trinajstić information content (AvgIpc) is 3.03. The lowest BCUT2D eigenvalue weighted by molar-refractivity contribution is -0.138. The molecule has 4 rings (SSSR count). The Morgan fingerprint density at radius 1 is 0.947 bits per heavy atom. The molecule has 0 saturated heterocycles. The quantitative estimate of drug-likeness (QED) is 0.439. The van der Waals surface area contributed by atoms with Gasteiger partial charge in [-0.1, -0.05) is 72.8 Å². The van der Waals surface area contributed by atoms with E-state index in [0.717, 1.165) is 29.3 Å². The van der Waals surface area contributed by atoms with Crippen LogP contribution in [0.25, 0.3) is 0 Å². The van der Waals surface area contributed by atoms with Gasteiger partial charge in [0.2, 0.25) is 17.7 Å². The van der Waals surface area contributed by atoms with E-state index in [-0.39, 0.29) is 23.9 Å². The van der Waals surface area contributed by atoms with Crippen molar-refractivity contribution in [3.8, 4) is 0 Å². The number of amides is 3. The van der Waals surface area contributed by atoms with Gasteiger partial charge in [-0.05, 0) is 42.2 Å². The Morgan fingerprint density at radius 3 is 2.24 bits per heavy atom. The number of hydrogen-bond donors (Lipinski definition) is 2. The van der Waals surface area contributed by atoms with Crippen molar-refractivity contribution in [1.29, 1.82) is 0 Å². The minimum absolute atomic E-state index is 0.153. The zero-order chi connectivity index (χ0) is 27.1. The zero-order valence-electron chi connectivity index (χ0n) is 20.9. The van der Waals surface area contributed by atoms with Crippen molar-refractivity contribution in [3.63, 3.8) is 0 Å². The van der Waals surface area contributed by atoms with Gasteiger partial charge in [-0.25, -0.2) is 8.78 Å². The number of carbonyl (C=O) groups is 3. The van der Waals surface area contributed by atoms with E-state index in [9.17, 15) is 23.2 Å². The lowest BCUT2D eigenvalue weighted by Crippen LogP contribution is -2.53. The third-order valence-electron chi connectivity index (χ3n) is 6.32. The molecule has 3 aromatic carbocycles. The first-order valence-electron chi connectivity index (χ1n) is 12.4. The first kappa shape index (κ1) is 26.7. The maximum atomic E-state index is 13.7. The van der Waals surface area contributed by atoms with Crippen molar-refractivity contribution in [2.75, 3.05) is 0 Å². The van der Waals surface area contributed by atoms with Crippen molar-refractivity contribution < 1.29 is 23.2 Å². The van der Waals surface area contributed by atoms with Crippen molar-refractivity contribution >= 4 is 17.7 Å². The number of nitrogens with one attached hydrogen (secondary N) is 2. The molecule has 1 aliphatic heterocycles. The van der Waals surface area contributed by atoms with E-state index in [1.165, 1.54) is 6.92 Å². The fourth-order valence-electron chi connectivity index (χ4n) is 4.46. The van der Waals surface area contributed by atoms with Crippen molar-refractivity contribution in [1.82, 2.24) is 15.5 Å². The van der Waals surface area contributed by atoms with Crippen LogP contribution in [-0.4, -0.2) is 34.7 Å². The molecule has 0 spiro atoms. The molecule has 1 aliphatic rings. The van der Waals surface area contributed by atoms with E-state index in [1.807, 2.05) is 72.8 Å². The predicted molar refractivity (Wildman–Crippen MR) is 140 cm³/mol. The van der Waals surface area contributed by atoms with Gasteiger partial charge < -0.3 is 15.5 Å². The van der Waals surface area contributed by atoms with Crippen LogP contribution in [0.4, 0.5) is 8.78 Å². The molecule has 3 amide bonds. The highest BCUT2D eigenvalue weighted by atomic mass is 19.1. The van der Waals surface area contributed by atoms with Gasteiger partial charge in [-0.2, -0.15) is 0 Å². The second kappa shape index (κ2) is 12.3. The largest absolute Gasteiger partial charge is 0.344 e. The number of rotatable bonds is 8. The van der Waals surface area contributed by atoms with E-state index in [4.69, 9.17) is 0 Å². The Labute approximate surface area is 220 Å². The van der Waals surface area contributed by atoms with Crippen LogP contribution >= 0.6 is 0 Å². The molecule has 0 bridgehead atoms. The summed E-state index contributed by atoms with van der Waals surface area (Å²) in [6.45, 7) is 1.84. The fourth-order valence-corrected chi connectivity index (χ4v) is 4.46. The Morgan fingerprint density at radius 2 is 1.58 bits per heavy atom. The third kappa shape index (κ3) is 6.91. The van der Waals surface area contributed by atoms with Gasteiger partial charge in [0.15, 0.2) is 0 Å². The Hall–Kier alpha value is -4.33. The third-order valence-corrected chi connectivity index (χ3v) is 6.32. The van der Waals surface area contributed by atoms with Crippen LogP contribution in [0.3, 0.4) is 0 Å². The standard InChI is InChI=1S/C30H29F2N3O3/c1-20(33-28(36)17-22-15-24(31)18-25(32)16-22)29(37)34-26-13-8-14-27(23-11-6-3-7-12-23)35(30(26)38)19-21-9-4-2-5-10-21/h2-12,14-16,18,20,26-27H,13,17,19H2,1H3,(H,33,36)(H,34,37)/t20?,26-,27-/m0/s1. The highest BCUT2D eigenvalue weighted by molar-refractivity contribution is 5.92. The molecular weight excluding hydrogens is 488 g/mol. The maximum absolute atomic E-state index is 13.7. The minimum Gasteiger partial charge on any atom is -0.344 e. The predicted octanol–water partition coefficient (Wildman–Crippen LogP) is 4.23. The summed E-state index contributed by atoms with van der Waals surface area (Å²) in [5.41, 5.74) is 2.06. The van der Waals surface area contributed by atoms with Gasteiger partial charge in [0.25, 0.3) is 0 Å². The second-order valence-electron chi connectivity index (χ2n) is 9.28. The van der Waals surface area contributed by atoms with Crippen molar-refractivity contribution in [3.05, 3.63) is 119 Å². The summed E-state index contributed by atoms with van der Waals surface area (Å²) in [6, 6.07) is 20.0. The van der Waals surface area contributed by atoms with Gasteiger partial charge in [0, 0.05) is 12.6 Å². The smallest absolute Gasteiger partial charge is 0.246 e. The lowest BCUT2D eigenvalue weighted by atomic mass is 10.0. The summed E-state index contributed by atoms with van der Waals surface area (Å²) in [5.74, 6) is -2.91. The molecule has 1 unspecified atom stereocenters. The molecular formula is C30H29F2N3O3. The first-order chi connectivity index (χ1) is 18.3. The molecule has 0 aliphatic carbocycles. The monoisotopic (exact) mass is 517 g/mol. The van der Waals surface area contributed by atoms with E-state index < -0.39 is 35.5 Å². The SMILES string of the molecule is CC(NC(=O)Cc1cc(F)cc(F)c1)C(=O)N[C@H]1CC=C[C@@H](c2ccccc2)N(Cc2ccccc2)C1=O. The molecule has 38 heavy (non-hydrogen) atoms. The molecule has 6 nitrogen and oxygen atoms in total. The molecule has 196 valence electrons. The first-order valence-corrected chi connectivity index (χ1v) is 12.4. The van der Waals surface area contributed by atoms with Crippen LogP contribution in [0.5, 0.6) is 0 Å². The molecule has 2 N–H and O–H groups in total. The van der Waals surface area contributed by atoms with Gasteiger partial charge in [0.05, 0.1) is 12.5 Å². The summed E-state index contributed by atoms with van der Waals surface area (Å²) in [7, 11) is 0. The van der Waals surface area contributed by atoms with Gasteiger partial charge in [-0.3, -0.25) is 14.4 Å². The topological polar surface area (TPSA) is 78.5 Å². The number of nitrogens with zero attached hydrogens (tertiary/aromatic N) is 1. The highest BCUT2D eigenvalue weighted by Gasteiger charge is 2.33. The Balaban J connectivity index is 1.45.